The summed E-state index contributed by atoms with van der Waals surface area (Å²) < 4.78 is 31.5. The number of benzene rings is 2. The first-order valence-corrected chi connectivity index (χ1v) is 9.48. The van der Waals surface area contributed by atoms with Gasteiger partial charge in [-0.05, 0) is 36.8 Å². The van der Waals surface area contributed by atoms with Crippen molar-refractivity contribution in [2.24, 2.45) is 0 Å². The third-order valence-corrected chi connectivity index (χ3v) is 4.95. The first-order chi connectivity index (χ1) is 11.8. The van der Waals surface area contributed by atoms with Gasteiger partial charge in [0.1, 0.15) is 5.75 Å². The highest BCUT2D eigenvalue weighted by molar-refractivity contribution is 7.88. The molecule has 0 aliphatic rings. The Labute approximate surface area is 152 Å². The van der Waals surface area contributed by atoms with E-state index in [-0.39, 0.29) is 12.3 Å². The highest BCUT2D eigenvalue weighted by Gasteiger charge is 2.14. The van der Waals surface area contributed by atoms with Crippen LogP contribution in [0, 0.1) is 6.92 Å². The van der Waals surface area contributed by atoms with Crippen molar-refractivity contribution in [3.05, 3.63) is 58.6 Å². The van der Waals surface area contributed by atoms with Crippen LogP contribution >= 0.6 is 11.6 Å². The zero-order valence-electron chi connectivity index (χ0n) is 13.9. The summed E-state index contributed by atoms with van der Waals surface area (Å²) in [5.41, 5.74) is 2.17. The van der Waals surface area contributed by atoms with Crippen molar-refractivity contribution in [2.45, 2.75) is 12.7 Å². The number of methoxy groups -OCH3 is 1. The highest BCUT2D eigenvalue weighted by Crippen LogP contribution is 2.25. The number of carbonyl (C=O) groups excluding carboxylic acids is 1. The molecule has 0 saturated carbocycles. The molecule has 0 spiro atoms. The molecule has 0 saturated heterocycles. The van der Waals surface area contributed by atoms with Crippen molar-refractivity contribution in [1.29, 1.82) is 0 Å². The van der Waals surface area contributed by atoms with Crippen LogP contribution in [-0.2, 0) is 20.6 Å². The van der Waals surface area contributed by atoms with E-state index in [4.69, 9.17) is 16.3 Å². The number of nitrogens with one attached hydrogen (secondary N) is 2. The van der Waals surface area contributed by atoms with Crippen LogP contribution in [0.15, 0.2) is 42.5 Å². The molecule has 1 amide bonds. The van der Waals surface area contributed by atoms with Gasteiger partial charge in [0.05, 0.1) is 24.4 Å². The number of ether oxygens (including phenoxy) is 1. The van der Waals surface area contributed by atoms with Gasteiger partial charge in [-0.15, -0.1) is 0 Å². The Hall–Kier alpha value is -2.09. The Morgan fingerprint density at radius 1 is 1.16 bits per heavy atom. The Bertz CT molecular complexity index is 851. The number of hydrogen-bond acceptors (Lipinski definition) is 4. The van der Waals surface area contributed by atoms with E-state index in [1.165, 1.54) is 13.2 Å². The topological polar surface area (TPSA) is 84.5 Å². The number of hydrogen-bond donors (Lipinski definition) is 2. The Kier molecular flexibility index (Phi) is 6.41. The van der Waals surface area contributed by atoms with Gasteiger partial charge in [0.2, 0.25) is 15.9 Å². The fourth-order valence-electron chi connectivity index (χ4n) is 2.09. The molecule has 0 bridgehead atoms. The average molecular weight is 383 g/mol. The van der Waals surface area contributed by atoms with Crippen molar-refractivity contribution in [1.82, 2.24) is 4.72 Å². The quantitative estimate of drug-likeness (QED) is 0.771. The smallest absolute Gasteiger partial charge is 0.239 e. The Morgan fingerprint density at radius 2 is 1.84 bits per heavy atom. The first-order valence-electron chi connectivity index (χ1n) is 7.45. The second-order valence-corrected chi connectivity index (χ2v) is 7.68. The largest absolute Gasteiger partial charge is 0.495 e. The van der Waals surface area contributed by atoms with Crippen LogP contribution < -0.4 is 14.8 Å². The molecule has 2 aromatic carbocycles. The number of carbonyl (C=O) groups is 1. The molecule has 0 atom stereocenters. The van der Waals surface area contributed by atoms with Gasteiger partial charge >= 0.3 is 0 Å². The Balaban J connectivity index is 1.91. The van der Waals surface area contributed by atoms with Crippen LogP contribution in [0.5, 0.6) is 5.75 Å². The molecule has 134 valence electrons. The predicted molar refractivity (Wildman–Crippen MR) is 98.4 cm³/mol. The van der Waals surface area contributed by atoms with Crippen LogP contribution in [-0.4, -0.2) is 28.0 Å². The van der Waals surface area contributed by atoms with Gasteiger partial charge in [0, 0.05) is 5.69 Å². The number of sulfonamides is 1. The van der Waals surface area contributed by atoms with Gasteiger partial charge in [0.25, 0.3) is 0 Å². The monoisotopic (exact) mass is 382 g/mol. The fourth-order valence-corrected chi connectivity index (χ4v) is 3.44. The van der Waals surface area contributed by atoms with Crippen molar-refractivity contribution >= 4 is 33.2 Å². The van der Waals surface area contributed by atoms with Crippen LogP contribution in [0.4, 0.5) is 5.69 Å². The third-order valence-electron chi connectivity index (χ3n) is 3.36. The zero-order chi connectivity index (χ0) is 18.4. The summed E-state index contributed by atoms with van der Waals surface area (Å²) in [5.74, 6) is -0.262. The van der Waals surface area contributed by atoms with Gasteiger partial charge in [-0.3, -0.25) is 4.79 Å². The van der Waals surface area contributed by atoms with E-state index in [1.807, 2.05) is 19.1 Å². The third kappa shape index (κ3) is 6.04. The lowest BCUT2D eigenvalue weighted by Gasteiger charge is -2.09. The molecule has 0 aromatic heterocycles. The maximum absolute atomic E-state index is 12.1. The lowest BCUT2D eigenvalue weighted by atomic mass is 10.2. The molecule has 2 N–H and O–H groups in total. The summed E-state index contributed by atoms with van der Waals surface area (Å²) in [5, 5.41) is 2.95. The van der Waals surface area contributed by atoms with Gasteiger partial charge < -0.3 is 10.1 Å². The number of aryl methyl sites for hydroxylation is 1. The minimum absolute atomic E-state index is 0.283. The number of halogens is 1. The minimum atomic E-state index is -3.68. The lowest BCUT2D eigenvalue weighted by Crippen LogP contribution is -2.33. The summed E-state index contributed by atoms with van der Waals surface area (Å²) in [6.07, 6.45) is 0. The van der Waals surface area contributed by atoms with E-state index in [0.29, 0.717) is 22.0 Å². The summed E-state index contributed by atoms with van der Waals surface area (Å²) in [6, 6.07) is 11.9. The summed E-state index contributed by atoms with van der Waals surface area (Å²) in [4.78, 5) is 11.9. The van der Waals surface area contributed by atoms with E-state index in [9.17, 15) is 13.2 Å². The maximum atomic E-state index is 12.1. The first kappa shape index (κ1) is 19.2. The summed E-state index contributed by atoms with van der Waals surface area (Å²) in [7, 11) is -2.20. The maximum Gasteiger partial charge on any atom is 0.239 e. The molecule has 0 aliphatic heterocycles. The molecule has 0 aliphatic carbocycles. The normalized spacial score (nSPS) is 11.2. The van der Waals surface area contributed by atoms with E-state index < -0.39 is 15.9 Å². The standard InChI is InChI=1S/C17H19ClN2O4S/c1-12-3-6-14(7-4-12)20-17(21)10-19-25(22,23)11-13-5-8-16(24-2)15(18)9-13/h3-9,19H,10-11H2,1-2H3,(H,20,21). The second kappa shape index (κ2) is 8.33. The SMILES string of the molecule is COc1ccc(CS(=O)(=O)NCC(=O)Nc2ccc(C)cc2)cc1Cl. The molecule has 0 radical (unpaired) electrons. The highest BCUT2D eigenvalue weighted by atomic mass is 35.5. The van der Waals surface area contributed by atoms with E-state index >= 15 is 0 Å². The average Bonchev–Trinajstić information content (AvgIpc) is 2.55. The van der Waals surface area contributed by atoms with E-state index in [0.717, 1.165) is 5.56 Å². The molecule has 25 heavy (non-hydrogen) atoms. The molecule has 0 unspecified atom stereocenters. The van der Waals surface area contributed by atoms with Crippen LogP contribution in [0.3, 0.4) is 0 Å². The number of rotatable bonds is 7. The molecule has 6 nitrogen and oxygen atoms in total. The molecule has 2 aromatic rings. The zero-order valence-corrected chi connectivity index (χ0v) is 15.4. The molecule has 0 fully saturated rings. The van der Waals surface area contributed by atoms with Gasteiger partial charge in [-0.1, -0.05) is 35.4 Å². The van der Waals surface area contributed by atoms with Crippen molar-refractivity contribution in [3.8, 4) is 5.75 Å². The van der Waals surface area contributed by atoms with Crippen LogP contribution in [0.25, 0.3) is 0 Å². The van der Waals surface area contributed by atoms with Crippen LogP contribution in [0.1, 0.15) is 11.1 Å². The van der Waals surface area contributed by atoms with Crippen molar-refractivity contribution < 1.29 is 17.9 Å². The molecule has 0 heterocycles. The van der Waals surface area contributed by atoms with Crippen molar-refractivity contribution in [3.63, 3.8) is 0 Å². The number of anilines is 1. The molecular weight excluding hydrogens is 364 g/mol. The minimum Gasteiger partial charge on any atom is -0.495 e. The molecular formula is C17H19ClN2O4S. The molecule has 2 rings (SSSR count). The lowest BCUT2D eigenvalue weighted by molar-refractivity contribution is -0.115. The van der Waals surface area contributed by atoms with Gasteiger partial charge in [-0.2, -0.15) is 0 Å². The van der Waals surface area contributed by atoms with E-state index in [2.05, 4.69) is 10.0 Å². The summed E-state index contributed by atoms with van der Waals surface area (Å²) >= 11 is 5.98. The predicted octanol–water partition coefficient (Wildman–Crippen LogP) is 2.72. The van der Waals surface area contributed by atoms with Gasteiger partial charge in [0.15, 0.2) is 0 Å². The van der Waals surface area contributed by atoms with Crippen molar-refractivity contribution in [2.75, 3.05) is 19.0 Å². The van der Waals surface area contributed by atoms with Crippen LogP contribution in [0.2, 0.25) is 5.02 Å². The number of amides is 1. The second-order valence-electron chi connectivity index (χ2n) is 5.46. The molecule has 8 heteroatoms. The summed E-state index contributed by atoms with van der Waals surface area (Å²) in [6.45, 7) is 1.59. The van der Waals surface area contributed by atoms with E-state index in [1.54, 1.807) is 24.3 Å². The fraction of sp³-hybridized carbons (Fsp3) is 0.235. The Morgan fingerprint density at radius 3 is 2.44 bits per heavy atom. The van der Waals surface area contributed by atoms with Gasteiger partial charge in [-0.25, -0.2) is 13.1 Å².